The second-order valence-corrected chi connectivity index (χ2v) is 9.88. The summed E-state index contributed by atoms with van der Waals surface area (Å²) in [6, 6.07) is 23.0. The number of anilines is 2. The summed E-state index contributed by atoms with van der Waals surface area (Å²) in [6.45, 7) is 2.78. The number of hydrogen-bond donors (Lipinski definition) is 3. The Bertz CT molecular complexity index is 1290. The van der Waals surface area contributed by atoms with E-state index >= 15 is 0 Å². The second kappa shape index (κ2) is 10.5. The third-order valence-electron chi connectivity index (χ3n) is 6.38. The van der Waals surface area contributed by atoms with Crippen LogP contribution in [0.5, 0.6) is 0 Å². The molecule has 1 aromatic heterocycles. The number of aryl methyl sites for hydroxylation is 1. The van der Waals surface area contributed by atoms with Crippen LogP contribution in [0, 0.1) is 6.92 Å². The van der Waals surface area contributed by atoms with Gasteiger partial charge in [-0.15, -0.1) is 0 Å². The van der Waals surface area contributed by atoms with E-state index in [1.165, 1.54) is 41.7 Å². The van der Waals surface area contributed by atoms with E-state index in [1.807, 2.05) is 36.4 Å². The predicted molar refractivity (Wildman–Crippen MR) is 140 cm³/mol. The summed E-state index contributed by atoms with van der Waals surface area (Å²) < 4.78 is 0. The molecule has 0 spiro atoms. The van der Waals surface area contributed by atoms with Crippen molar-refractivity contribution in [3.63, 3.8) is 0 Å². The second-order valence-electron chi connectivity index (χ2n) is 8.82. The Balaban J connectivity index is 1.41. The molecule has 0 unspecified atom stereocenters. The molecule has 5 nitrogen and oxygen atoms in total. The molecule has 1 saturated carbocycles. The fraction of sp³-hybridized carbons (Fsp3) is 0.286. The van der Waals surface area contributed by atoms with Crippen LogP contribution >= 0.6 is 11.8 Å². The van der Waals surface area contributed by atoms with Crippen LogP contribution in [-0.2, 0) is 13.2 Å². The molecule has 5 rings (SSSR count). The lowest BCUT2D eigenvalue weighted by molar-refractivity contribution is 0.279. The molecule has 0 saturated heterocycles. The number of fused-ring (bicyclic) bond motifs is 1. The summed E-state index contributed by atoms with van der Waals surface area (Å²) >= 11 is 1.70. The molecule has 4 aromatic rings. The minimum Gasteiger partial charge on any atom is -0.392 e. The van der Waals surface area contributed by atoms with Crippen molar-refractivity contribution in [3.8, 4) is 0 Å². The molecular formula is C28H30N4OS. The summed E-state index contributed by atoms with van der Waals surface area (Å²) in [6.07, 6.45) is 4.94. The molecule has 3 N–H and O–H groups in total. The molecule has 0 bridgehead atoms. The molecule has 0 aliphatic heterocycles. The van der Waals surface area contributed by atoms with E-state index in [4.69, 9.17) is 9.97 Å². The molecule has 3 aromatic carbocycles. The van der Waals surface area contributed by atoms with Gasteiger partial charge in [-0.25, -0.2) is 4.98 Å². The van der Waals surface area contributed by atoms with Gasteiger partial charge in [-0.2, -0.15) is 4.98 Å². The summed E-state index contributed by atoms with van der Waals surface area (Å²) in [5.41, 5.74) is 4.27. The quantitative estimate of drug-likeness (QED) is 0.271. The topological polar surface area (TPSA) is 70.1 Å². The summed E-state index contributed by atoms with van der Waals surface area (Å²) in [4.78, 5) is 11.9. The number of rotatable bonds is 8. The Labute approximate surface area is 205 Å². The Morgan fingerprint density at radius 3 is 2.53 bits per heavy atom. The van der Waals surface area contributed by atoms with Crippen LogP contribution in [0.1, 0.15) is 42.4 Å². The first-order valence-corrected chi connectivity index (χ1v) is 12.7. The van der Waals surface area contributed by atoms with Crippen molar-refractivity contribution < 1.29 is 5.11 Å². The minimum absolute atomic E-state index is 0.0321. The van der Waals surface area contributed by atoms with Crippen molar-refractivity contribution >= 4 is 34.4 Å². The Morgan fingerprint density at radius 2 is 1.68 bits per heavy atom. The highest BCUT2D eigenvalue weighted by molar-refractivity contribution is 7.99. The molecule has 1 aliphatic carbocycles. The van der Waals surface area contributed by atoms with E-state index in [-0.39, 0.29) is 6.61 Å². The largest absolute Gasteiger partial charge is 0.392 e. The zero-order valence-electron chi connectivity index (χ0n) is 19.4. The number of aliphatic hydroxyl groups excluding tert-OH is 1. The number of aliphatic hydroxyl groups is 1. The van der Waals surface area contributed by atoms with Gasteiger partial charge in [0, 0.05) is 27.8 Å². The third-order valence-corrected chi connectivity index (χ3v) is 7.79. The van der Waals surface area contributed by atoms with Gasteiger partial charge in [0.1, 0.15) is 5.82 Å². The first-order chi connectivity index (χ1) is 16.7. The molecule has 174 valence electrons. The molecule has 1 heterocycles. The van der Waals surface area contributed by atoms with E-state index < -0.39 is 0 Å². The van der Waals surface area contributed by atoms with Crippen LogP contribution < -0.4 is 10.6 Å². The highest BCUT2D eigenvalue weighted by atomic mass is 32.2. The van der Waals surface area contributed by atoms with E-state index in [0.29, 0.717) is 18.5 Å². The van der Waals surface area contributed by atoms with E-state index in [0.717, 1.165) is 27.2 Å². The number of hydrogen-bond acceptors (Lipinski definition) is 6. The van der Waals surface area contributed by atoms with Crippen LogP contribution in [0.2, 0.25) is 0 Å². The molecule has 6 heteroatoms. The maximum Gasteiger partial charge on any atom is 0.225 e. The molecule has 0 radical (unpaired) electrons. The molecule has 0 atom stereocenters. The van der Waals surface area contributed by atoms with Crippen LogP contribution in [0.3, 0.4) is 0 Å². The van der Waals surface area contributed by atoms with Crippen molar-refractivity contribution in [2.24, 2.45) is 0 Å². The minimum atomic E-state index is 0.0321. The fourth-order valence-corrected chi connectivity index (χ4v) is 5.68. The van der Waals surface area contributed by atoms with Crippen LogP contribution in [0.15, 0.2) is 76.5 Å². The Morgan fingerprint density at radius 1 is 0.912 bits per heavy atom. The molecule has 1 aliphatic rings. The van der Waals surface area contributed by atoms with Gasteiger partial charge in [0.2, 0.25) is 5.95 Å². The summed E-state index contributed by atoms with van der Waals surface area (Å²) in [5.74, 6) is 1.54. The van der Waals surface area contributed by atoms with E-state index in [2.05, 4.69) is 47.9 Å². The number of benzene rings is 3. The van der Waals surface area contributed by atoms with Gasteiger partial charge in [0.05, 0.1) is 12.1 Å². The standard InChI is InChI=1S/C28H30N4OS/c1-19-9-8-11-20(26(19)34-25-16-7-2-10-21(25)18-33)17-29-28-31-24-15-6-5-14-23(24)27(32-28)30-22-12-3-4-13-22/h2,5-11,14-16,22,33H,3-4,12-13,17-18H2,1H3,(H2,29,30,31,32). The average molecular weight is 471 g/mol. The summed E-state index contributed by atoms with van der Waals surface area (Å²) in [5, 5.41) is 18.0. The van der Waals surface area contributed by atoms with Crippen molar-refractivity contribution in [3.05, 3.63) is 83.4 Å². The van der Waals surface area contributed by atoms with Crippen molar-refractivity contribution in [1.82, 2.24) is 9.97 Å². The Kier molecular flexibility index (Phi) is 6.97. The lowest BCUT2D eigenvalue weighted by Crippen LogP contribution is -2.17. The van der Waals surface area contributed by atoms with Crippen LogP contribution in [0.25, 0.3) is 10.9 Å². The monoisotopic (exact) mass is 470 g/mol. The van der Waals surface area contributed by atoms with Gasteiger partial charge in [0.15, 0.2) is 0 Å². The average Bonchev–Trinajstić information content (AvgIpc) is 3.38. The normalized spacial score (nSPS) is 13.9. The predicted octanol–water partition coefficient (Wildman–Crippen LogP) is 6.55. The van der Waals surface area contributed by atoms with Crippen LogP contribution in [-0.4, -0.2) is 21.1 Å². The first-order valence-electron chi connectivity index (χ1n) is 11.9. The molecule has 1 fully saturated rings. The van der Waals surface area contributed by atoms with Crippen molar-refractivity contribution in [2.75, 3.05) is 10.6 Å². The van der Waals surface area contributed by atoms with Crippen molar-refractivity contribution in [1.29, 1.82) is 0 Å². The first kappa shape index (κ1) is 22.7. The lowest BCUT2D eigenvalue weighted by atomic mass is 10.1. The van der Waals surface area contributed by atoms with Gasteiger partial charge < -0.3 is 15.7 Å². The highest BCUT2D eigenvalue weighted by Gasteiger charge is 2.17. The zero-order valence-corrected chi connectivity index (χ0v) is 20.2. The van der Waals surface area contributed by atoms with Gasteiger partial charge in [-0.1, -0.05) is 73.1 Å². The number of nitrogens with zero attached hydrogens (tertiary/aromatic N) is 2. The van der Waals surface area contributed by atoms with Crippen LogP contribution in [0.4, 0.5) is 11.8 Å². The van der Waals surface area contributed by atoms with Gasteiger partial charge >= 0.3 is 0 Å². The fourth-order valence-electron chi connectivity index (χ4n) is 4.55. The van der Waals surface area contributed by atoms with Crippen molar-refractivity contribution in [2.45, 2.75) is 61.6 Å². The highest BCUT2D eigenvalue weighted by Crippen LogP contribution is 2.35. The lowest BCUT2D eigenvalue weighted by Gasteiger charge is -2.17. The Hall–Kier alpha value is -3.09. The molecule has 0 amide bonds. The van der Waals surface area contributed by atoms with Gasteiger partial charge in [-0.05, 0) is 54.7 Å². The third kappa shape index (κ3) is 5.03. The molecule has 34 heavy (non-hydrogen) atoms. The maximum atomic E-state index is 9.75. The summed E-state index contributed by atoms with van der Waals surface area (Å²) in [7, 11) is 0. The zero-order chi connectivity index (χ0) is 23.3. The number of nitrogens with one attached hydrogen (secondary N) is 2. The number of para-hydroxylation sites is 1. The SMILES string of the molecule is Cc1cccc(CNc2nc(NC3CCCC3)c3ccccc3n2)c1Sc1ccccc1CO. The molecular weight excluding hydrogens is 440 g/mol. The van der Waals surface area contributed by atoms with E-state index in [9.17, 15) is 5.11 Å². The van der Waals surface area contributed by atoms with Gasteiger partial charge in [-0.3, -0.25) is 0 Å². The van der Waals surface area contributed by atoms with Gasteiger partial charge in [0.25, 0.3) is 0 Å². The van der Waals surface area contributed by atoms with E-state index in [1.54, 1.807) is 11.8 Å². The maximum absolute atomic E-state index is 9.75. The smallest absolute Gasteiger partial charge is 0.225 e. The number of aromatic nitrogens is 2.